The molecule has 9 nitrogen and oxygen atoms in total. The van der Waals surface area contributed by atoms with Gasteiger partial charge in [-0.2, -0.15) is 8.78 Å². The highest BCUT2D eigenvalue weighted by Crippen LogP contribution is 2.50. The Kier molecular flexibility index (Phi) is 13.1. The Labute approximate surface area is 282 Å². The molecule has 2 aromatic heterocycles. The number of aromatic nitrogens is 1. The molecule has 0 saturated carbocycles. The fourth-order valence-electron chi connectivity index (χ4n) is 5.61. The zero-order valence-corrected chi connectivity index (χ0v) is 27.4. The second-order valence-corrected chi connectivity index (χ2v) is 11.8. The summed E-state index contributed by atoms with van der Waals surface area (Å²) in [5.74, 6) is -2.97. The largest absolute Gasteiger partial charge is 0.384 e. The van der Waals surface area contributed by atoms with E-state index in [2.05, 4.69) is 28.9 Å². The lowest BCUT2D eigenvalue weighted by molar-refractivity contribution is -0.131. The number of likely N-dealkylation sites (tertiary alicyclic amines) is 1. The van der Waals surface area contributed by atoms with Crippen LogP contribution >= 0.6 is 11.3 Å². The van der Waals surface area contributed by atoms with Crippen LogP contribution in [0.3, 0.4) is 0 Å². The number of halogens is 2. The van der Waals surface area contributed by atoms with E-state index in [0.717, 1.165) is 29.0 Å². The highest BCUT2D eigenvalue weighted by atomic mass is 32.1. The van der Waals surface area contributed by atoms with Crippen molar-refractivity contribution < 1.29 is 23.2 Å². The molecule has 1 aliphatic heterocycles. The molecule has 1 saturated heterocycles. The average molecular weight is 673 g/mol. The molecule has 2 aromatic carbocycles. The lowest BCUT2D eigenvalue weighted by Crippen LogP contribution is -2.43. The number of amides is 3. The Morgan fingerprint density at radius 1 is 1.12 bits per heavy atom. The quantitative estimate of drug-likeness (QED) is 0.0903. The number of carbonyl (C=O) groups is 3. The zero-order chi connectivity index (χ0) is 35.4. The predicted molar refractivity (Wildman–Crippen MR) is 184 cm³/mol. The Balaban J connectivity index is 0.000000244. The molecule has 1 fully saturated rings. The van der Waals surface area contributed by atoms with Crippen molar-refractivity contribution in [3.05, 3.63) is 111 Å². The number of hydrogen-bond donors (Lipinski definition) is 4. The number of amidine groups is 1. The van der Waals surface area contributed by atoms with Crippen molar-refractivity contribution in [2.45, 2.75) is 50.6 Å². The average Bonchev–Trinajstić information content (AvgIpc) is 3.83. The van der Waals surface area contributed by atoms with Gasteiger partial charge in [0.15, 0.2) is 0 Å². The highest BCUT2D eigenvalue weighted by Gasteiger charge is 2.44. The maximum Gasteiger partial charge on any atom is 0.299 e. The van der Waals surface area contributed by atoms with Crippen LogP contribution in [0.5, 0.6) is 0 Å². The number of primary amides is 1. The molecule has 1 aliphatic carbocycles. The molecule has 3 amide bonds. The van der Waals surface area contributed by atoms with Crippen molar-refractivity contribution >= 4 is 35.9 Å². The Bertz CT molecular complexity index is 1740. The molecule has 0 bridgehead atoms. The summed E-state index contributed by atoms with van der Waals surface area (Å²) >= 11 is 1.45. The van der Waals surface area contributed by atoms with Crippen LogP contribution in [0.25, 0.3) is 11.1 Å². The molecule has 3 heterocycles. The normalized spacial score (nSPS) is 16.9. The number of nitrogens with two attached hydrogens (primary N) is 2. The third-order valence-corrected chi connectivity index (χ3v) is 9.10. The number of nitrogens with one attached hydrogen (secondary N) is 2. The molecule has 6 N–H and O–H groups in total. The van der Waals surface area contributed by atoms with Crippen molar-refractivity contribution in [3.8, 4) is 24.0 Å². The van der Waals surface area contributed by atoms with E-state index in [9.17, 15) is 18.4 Å². The second-order valence-electron chi connectivity index (χ2n) is 10.9. The monoisotopic (exact) mass is 672 g/mol. The van der Waals surface area contributed by atoms with E-state index in [1.165, 1.54) is 22.3 Å². The van der Waals surface area contributed by atoms with E-state index in [0.29, 0.717) is 29.7 Å². The van der Waals surface area contributed by atoms with Crippen LogP contribution < -0.4 is 16.8 Å². The molecular weight excluding hydrogens is 634 g/mol. The number of alkyl halides is 2. The first-order chi connectivity index (χ1) is 23.0. The van der Waals surface area contributed by atoms with E-state index < -0.39 is 12.0 Å². The van der Waals surface area contributed by atoms with E-state index in [1.807, 2.05) is 44.2 Å². The van der Waals surface area contributed by atoms with Crippen LogP contribution in [0.15, 0.2) is 78.3 Å². The first-order valence-electron chi connectivity index (χ1n) is 15.0. The molecule has 4 aromatic rings. The van der Waals surface area contributed by atoms with Gasteiger partial charge in [0.05, 0.1) is 6.04 Å². The summed E-state index contributed by atoms with van der Waals surface area (Å²) < 4.78 is 28.3. The summed E-state index contributed by atoms with van der Waals surface area (Å²) in [6.07, 6.45) is 12.1. The first-order valence-corrected chi connectivity index (χ1v) is 15.9. The SMILES string of the molecule is C#C.CCc1ccc2c(c1)-c1ccccc1C2(F)F.C[C@@H](NC(=O)C1CC(c2ccccn2)CN1C=O)c1cc(C(=N)N)cs1.NC=O. The summed E-state index contributed by atoms with van der Waals surface area (Å²) in [6, 6.07) is 18.8. The summed E-state index contributed by atoms with van der Waals surface area (Å²) in [5.41, 5.74) is 13.9. The molecule has 2 unspecified atom stereocenters. The lowest BCUT2D eigenvalue weighted by Gasteiger charge is -2.21. The number of terminal acetylenes is 1. The molecule has 250 valence electrons. The first kappa shape index (κ1) is 37.1. The van der Waals surface area contributed by atoms with Crippen LogP contribution in [0.2, 0.25) is 0 Å². The molecule has 6 rings (SSSR count). The third kappa shape index (κ3) is 8.29. The minimum atomic E-state index is -2.85. The predicted octanol–water partition coefficient (Wildman–Crippen LogP) is 5.34. The van der Waals surface area contributed by atoms with Gasteiger partial charge in [-0.15, -0.1) is 24.2 Å². The van der Waals surface area contributed by atoms with Crippen molar-refractivity contribution in [1.82, 2.24) is 15.2 Å². The van der Waals surface area contributed by atoms with Gasteiger partial charge in [-0.05, 0) is 54.7 Å². The minimum Gasteiger partial charge on any atom is -0.384 e. The van der Waals surface area contributed by atoms with Gasteiger partial charge in [0.1, 0.15) is 11.9 Å². The van der Waals surface area contributed by atoms with Crippen LogP contribution in [0.4, 0.5) is 8.78 Å². The zero-order valence-electron chi connectivity index (χ0n) is 26.6. The molecular formula is C36H38F2N6O3S. The summed E-state index contributed by atoms with van der Waals surface area (Å²) in [5, 5.41) is 12.2. The van der Waals surface area contributed by atoms with Crippen molar-refractivity contribution in [2.24, 2.45) is 11.5 Å². The summed E-state index contributed by atoms with van der Waals surface area (Å²) in [4.78, 5) is 39.5. The van der Waals surface area contributed by atoms with Crippen LogP contribution in [0, 0.1) is 18.3 Å². The van der Waals surface area contributed by atoms with Gasteiger partial charge in [0.2, 0.25) is 18.7 Å². The fraction of sp³-hybridized carbons (Fsp3) is 0.250. The number of nitrogen functional groups attached to an aromatic ring is 1. The number of rotatable bonds is 7. The van der Waals surface area contributed by atoms with Gasteiger partial charge in [-0.3, -0.25) is 24.8 Å². The van der Waals surface area contributed by atoms with Crippen molar-refractivity contribution in [2.75, 3.05) is 6.54 Å². The highest BCUT2D eigenvalue weighted by molar-refractivity contribution is 7.10. The van der Waals surface area contributed by atoms with E-state index in [-0.39, 0.29) is 41.2 Å². The van der Waals surface area contributed by atoms with Crippen molar-refractivity contribution in [1.29, 1.82) is 5.41 Å². The van der Waals surface area contributed by atoms with Gasteiger partial charge < -0.3 is 21.7 Å². The number of fused-ring (bicyclic) bond motifs is 3. The van der Waals surface area contributed by atoms with Crippen LogP contribution in [-0.4, -0.2) is 47.0 Å². The van der Waals surface area contributed by atoms with Crippen molar-refractivity contribution in [3.63, 3.8) is 0 Å². The molecule has 0 spiro atoms. The molecule has 2 aliphatic rings. The van der Waals surface area contributed by atoms with Gasteiger partial charge in [0, 0.05) is 51.3 Å². The fourth-order valence-corrected chi connectivity index (χ4v) is 6.53. The van der Waals surface area contributed by atoms with Crippen LogP contribution in [-0.2, 0) is 26.7 Å². The second kappa shape index (κ2) is 16.9. The third-order valence-electron chi connectivity index (χ3n) is 7.99. The number of nitrogens with zero attached hydrogens (tertiary/aromatic N) is 2. The smallest absolute Gasteiger partial charge is 0.299 e. The van der Waals surface area contributed by atoms with E-state index in [1.54, 1.807) is 41.9 Å². The number of pyridine rings is 1. The van der Waals surface area contributed by atoms with E-state index in [4.69, 9.17) is 15.9 Å². The summed E-state index contributed by atoms with van der Waals surface area (Å²) in [7, 11) is 0. The maximum atomic E-state index is 14.2. The number of hydrogen-bond acceptors (Lipinski definition) is 6. The molecule has 48 heavy (non-hydrogen) atoms. The number of thiophene rings is 1. The minimum absolute atomic E-state index is 0.00662. The summed E-state index contributed by atoms with van der Waals surface area (Å²) in [6.45, 7) is 4.39. The van der Waals surface area contributed by atoms with Gasteiger partial charge in [0.25, 0.3) is 5.92 Å². The maximum absolute atomic E-state index is 14.2. The van der Waals surface area contributed by atoms with Gasteiger partial charge in [-0.1, -0.05) is 55.5 Å². The Hall–Kier alpha value is -5.41. The Morgan fingerprint density at radius 2 is 1.79 bits per heavy atom. The Morgan fingerprint density at radius 3 is 2.40 bits per heavy atom. The molecule has 12 heteroatoms. The number of benzene rings is 2. The van der Waals surface area contributed by atoms with Gasteiger partial charge >= 0.3 is 0 Å². The molecule has 3 atom stereocenters. The topological polar surface area (TPSA) is 155 Å². The standard InChI is InChI=1S/C18H21N5O2S.C15H12F2.C2H2.CH3NO/c1-11(16-7-13(9-26-16)17(19)20)22-18(25)15-6-12(8-23(15)10-24)14-4-2-3-5-21-14;1-2-10-7-8-14-12(9-10)11-5-3-4-6-13(11)15(14,16)17;1-2;2-1-3/h2-5,7,9-12,15H,6,8H2,1H3,(H3,19,20)(H,22,25);3-9H,2H2,1H3;1-2H;1H,(H2,2,3)/t11-,12?,15?;;;/m1.../s1. The van der Waals surface area contributed by atoms with Crippen LogP contribution in [0.1, 0.15) is 65.1 Å². The molecule has 0 radical (unpaired) electrons. The number of aryl methyl sites for hydroxylation is 1. The lowest BCUT2D eigenvalue weighted by atomic mass is 10.0. The van der Waals surface area contributed by atoms with Gasteiger partial charge in [-0.25, -0.2) is 0 Å². The van der Waals surface area contributed by atoms with E-state index >= 15 is 0 Å². The number of carbonyl (C=O) groups excluding carboxylic acids is 3.